The van der Waals surface area contributed by atoms with Crippen molar-refractivity contribution in [2.45, 2.75) is 24.8 Å². The molecule has 1 aromatic heterocycles. The molecule has 0 saturated heterocycles. The highest BCUT2D eigenvalue weighted by Crippen LogP contribution is 2.25. The van der Waals surface area contributed by atoms with Crippen molar-refractivity contribution in [3.63, 3.8) is 0 Å². The minimum Gasteiger partial charge on any atom is -0.495 e. The summed E-state index contributed by atoms with van der Waals surface area (Å²) < 4.78 is 37.4. The van der Waals surface area contributed by atoms with Gasteiger partial charge in [-0.2, -0.15) is 0 Å². The Labute approximate surface area is 118 Å². The van der Waals surface area contributed by atoms with Crippen LogP contribution in [-0.2, 0) is 23.0 Å². The molecule has 0 bridgehead atoms. The summed E-state index contributed by atoms with van der Waals surface area (Å²) in [6.07, 6.45) is 2.26. The standard InChI is InChI=1S/C14H17NO4S/c1-3-11-6-7-13(18-2)14(9-11)20(16,17)15-10-12-5-4-8-19-12/h4-9,15H,3,10H2,1-2H3. The fourth-order valence-corrected chi connectivity index (χ4v) is 3.02. The van der Waals surface area contributed by atoms with E-state index >= 15 is 0 Å². The topological polar surface area (TPSA) is 68.5 Å². The van der Waals surface area contributed by atoms with Crippen LogP contribution in [0.1, 0.15) is 18.2 Å². The van der Waals surface area contributed by atoms with Crippen LogP contribution in [0.5, 0.6) is 5.75 Å². The maximum Gasteiger partial charge on any atom is 0.244 e. The van der Waals surface area contributed by atoms with Gasteiger partial charge in [-0.05, 0) is 36.2 Å². The van der Waals surface area contributed by atoms with Crippen molar-refractivity contribution >= 4 is 10.0 Å². The number of sulfonamides is 1. The predicted molar refractivity (Wildman–Crippen MR) is 75.1 cm³/mol. The molecule has 108 valence electrons. The van der Waals surface area contributed by atoms with Gasteiger partial charge in [-0.3, -0.25) is 0 Å². The zero-order chi connectivity index (χ0) is 14.6. The molecular formula is C14H17NO4S. The van der Waals surface area contributed by atoms with Crippen LogP contribution in [0.15, 0.2) is 45.9 Å². The van der Waals surface area contributed by atoms with E-state index in [0.717, 1.165) is 12.0 Å². The molecule has 0 radical (unpaired) electrons. The van der Waals surface area contributed by atoms with Crippen molar-refractivity contribution in [1.82, 2.24) is 4.72 Å². The second-order valence-corrected chi connectivity index (χ2v) is 5.98. The van der Waals surface area contributed by atoms with Crippen molar-refractivity contribution in [1.29, 1.82) is 0 Å². The summed E-state index contributed by atoms with van der Waals surface area (Å²) in [5, 5.41) is 0. The number of aryl methyl sites for hydroxylation is 1. The van der Waals surface area contributed by atoms with Gasteiger partial charge in [-0.1, -0.05) is 13.0 Å². The molecule has 0 unspecified atom stereocenters. The smallest absolute Gasteiger partial charge is 0.244 e. The molecule has 0 fully saturated rings. The zero-order valence-electron chi connectivity index (χ0n) is 11.4. The SMILES string of the molecule is CCc1ccc(OC)c(S(=O)(=O)NCc2ccco2)c1. The monoisotopic (exact) mass is 295 g/mol. The molecule has 20 heavy (non-hydrogen) atoms. The molecule has 1 heterocycles. The third-order valence-corrected chi connectivity index (χ3v) is 4.36. The van der Waals surface area contributed by atoms with Crippen molar-refractivity contribution in [2.24, 2.45) is 0 Å². The second kappa shape index (κ2) is 6.11. The molecule has 5 nitrogen and oxygen atoms in total. The van der Waals surface area contributed by atoms with Crippen LogP contribution in [-0.4, -0.2) is 15.5 Å². The fraction of sp³-hybridized carbons (Fsp3) is 0.286. The Morgan fingerprint density at radius 3 is 2.70 bits per heavy atom. The predicted octanol–water partition coefficient (Wildman–Crippen LogP) is 2.33. The highest BCUT2D eigenvalue weighted by atomic mass is 32.2. The van der Waals surface area contributed by atoms with Gasteiger partial charge >= 0.3 is 0 Å². The van der Waals surface area contributed by atoms with Crippen LogP contribution in [0, 0.1) is 0 Å². The van der Waals surface area contributed by atoms with Crippen molar-refractivity contribution in [3.05, 3.63) is 47.9 Å². The first kappa shape index (κ1) is 14.6. The third-order valence-electron chi connectivity index (χ3n) is 2.94. The maximum absolute atomic E-state index is 12.3. The highest BCUT2D eigenvalue weighted by Gasteiger charge is 2.20. The average molecular weight is 295 g/mol. The Morgan fingerprint density at radius 2 is 2.10 bits per heavy atom. The first-order valence-electron chi connectivity index (χ1n) is 6.25. The lowest BCUT2D eigenvalue weighted by Gasteiger charge is -2.11. The molecule has 0 saturated carbocycles. The number of benzene rings is 1. The van der Waals surface area contributed by atoms with Gasteiger partial charge in [0.2, 0.25) is 10.0 Å². The number of ether oxygens (including phenoxy) is 1. The van der Waals surface area contributed by atoms with Gasteiger partial charge in [-0.15, -0.1) is 0 Å². The number of methoxy groups -OCH3 is 1. The van der Waals surface area contributed by atoms with Crippen molar-refractivity contribution in [3.8, 4) is 5.75 Å². The lowest BCUT2D eigenvalue weighted by Crippen LogP contribution is -2.23. The Hall–Kier alpha value is -1.79. The van der Waals surface area contributed by atoms with Crippen LogP contribution >= 0.6 is 0 Å². The van der Waals surface area contributed by atoms with Gasteiger partial charge in [0.25, 0.3) is 0 Å². The molecule has 0 aliphatic heterocycles. The Bertz CT molecular complexity index is 662. The summed E-state index contributed by atoms with van der Waals surface area (Å²) in [7, 11) is -2.20. The first-order valence-corrected chi connectivity index (χ1v) is 7.74. The summed E-state index contributed by atoms with van der Waals surface area (Å²) >= 11 is 0. The van der Waals surface area contributed by atoms with Crippen molar-refractivity contribution < 1.29 is 17.6 Å². The van der Waals surface area contributed by atoms with Gasteiger partial charge in [0.1, 0.15) is 16.4 Å². The van der Waals surface area contributed by atoms with E-state index in [1.54, 1.807) is 24.3 Å². The van der Waals surface area contributed by atoms with Gasteiger partial charge < -0.3 is 9.15 Å². The number of hydrogen-bond acceptors (Lipinski definition) is 4. The second-order valence-electron chi connectivity index (χ2n) is 4.24. The molecule has 1 aromatic carbocycles. The molecule has 0 atom stereocenters. The van der Waals surface area contributed by atoms with E-state index in [1.807, 2.05) is 13.0 Å². The van der Waals surface area contributed by atoms with E-state index in [4.69, 9.17) is 9.15 Å². The number of furan rings is 1. The third kappa shape index (κ3) is 3.20. The molecule has 0 aliphatic rings. The average Bonchev–Trinajstić information content (AvgIpc) is 2.98. The summed E-state index contributed by atoms with van der Waals surface area (Å²) in [4.78, 5) is 0.144. The minimum atomic E-state index is -3.65. The Balaban J connectivity index is 2.28. The van der Waals surface area contributed by atoms with Crippen LogP contribution in [0.25, 0.3) is 0 Å². The normalized spacial score (nSPS) is 11.5. The highest BCUT2D eigenvalue weighted by molar-refractivity contribution is 7.89. The van der Waals surface area contributed by atoms with Crippen LogP contribution in [0.2, 0.25) is 0 Å². The van der Waals surface area contributed by atoms with E-state index in [-0.39, 0.29) is 11.4 Å². The zero-order valence-corrected chi connectivity index (χ0v) is 12.2. The maximum atomic E-state index is 12.3. The van der Waals surface area contributed by atoms with Gasteiger partial charge in [0.15, 0.2) is 0 Å². The summed E-state index contributed by atoms with van der Waals surface area (Å²) in [6, 6.07) is 8.57. The number of nitrogens with one attached hydrogen (secondary N) is 1. The summed E-state index contributed by atoms with van der Waals surface area (Å²) in [5.74, 6) is 0.883. The van der Waals surface area contributed by atoms with Gasteiger partial charge in [0.05, 0.1) is 19.9 Å². The molecular weight excluding hydrogens is 278 g/mol. The lowest BCUT2D eigenvalue weighted by molar-refractivity contribution is 0.402. The number of hydrogen-bond donors (Lipinski definition) is 1. The summed E-state index contributed by atoms with van der Waals surface area (Å²) in [6.45, 7) is 2.07. The van der Waals surface area contributed by atoms with Crippen molar-refractivity contribution in [2.75, 3.05) is 7.11 Å². The quantitative estimate of drug-likeness (QED) is 0.888. The molecule has 0 aliphatic carbocycles. The van der Waals surface area contributed by atoms with Crippen LogP contribution in [0.4, 0.5) is 0 Å². The van der Waals surface area contributed by atoms with Crippen LogP contribution in [0.3, 0.4) is 0 Å². The van der Waals surface area contributed by atoms with Crippen LogP contribution < -0.4 is 9.46 Å². The molecule has 6 heteroatoms. The molecule has 2 rings (SSSR count). The fourth-order valence-electron chi connectivity index (χ4n) is 1.81. The van der Waals surface area contributed by atoms with E-state index in [0.29, 0.717) is 11.5 Å². The van der Waals surface area contributed by atoms with Gasteiger partial charge in [-0.25, -0.2) is 13.1 Å². The minimum absolute atomic E-state index is 0.106. The lowest BCUT2D eigenvalue weighted by atomic mass is 10.2. The molecule has 0 amide bonds. The first-order chi connectivity index (χ1) is 9.56. The molecule has 0 spiro atoms. The van der Waals surface area contributed by atoms with E-state index in [2.05, 4.69) is 4.72 Å². The van der Waals surface area contributed by atoms with E-state index in [9.17, 15) is 8.42 Å². The summed E-state index contributed by atoms with van der Waals surface area (Å²) in [5.41, 5.74) is 0.934. The van der Waals surface area contributed by atoms with E-state index in [1.165, 1.54) is 13.4 Å². The Morgan fingerprint density at radius 1 is 1.30 bits per heavy atom. The van der Waals surface area contributed by atoms with Gasteiger partial charge in [0, 0.05) is 0 Å². The Kier molecular flexibility index (Phi) is 4.46. The van der Waals surface area contributed by atoms with E-state index < -0.39 is 10.0 Å². The molecule has 1 N–H and O–H groups in total. The largest absolute Gasteiger partial charge is 0.495 e. The molecule has 2 aromatic rings. The number of rotatable bonds is 6.